The molecule has 1 unspecified atom stereocenters. The van der Waals surface area contributed by atoms with Gasteiger partial charge in [-0.15, -0.1) is 11.8 Å². The summed E-state index contributed by atoms with van der Waals surface area (Å²) >= 11 is 1.21. The van der Waals surface area contributed by atoms with Crippen molar-refractivity contribution in [2.45, 2.75) is 23.2 Å². The third-order valence-corrected chi connectivity index (χ3v) is 5.27. The number of halogens is 3. The molecule has 0 bridgehead atoms. The highest BCUT2D eigenvalue weighted by Gasteiger charge is 2.36. The number of benzene rings is 3. The zero-order valence-corrected chi connectivity index (χ0v) is 15.9. The van der Waals surface area contributed by atoms with Crippen LogP contribution in [0.5, 0.6) is 0 Å². The smallest absolute Gasteiger partial charge is 0.325 e. The molecule has 9 heteroatoms. The van der Waals surface area contributed by atoms with Gasteiger partial charge in [-0.25, -0.2) is 0 Å². The van der Waals surface area contributed by atoms with Crippen molar-refractivity contribution in [2.24, 2.45) is 0 Å². The molecule has 0 aliphatic rings. The molecule has 1 atom stereocenters. The van der Waals surface area contributed by atoms with Crippen LogP contribution in [0.3, 0.4) is 0 Å². The van der Waals surface area contributed by atoms with Gasteiger partial charge in [0.15, 0.2) is 0 Å². The number of non-ortho nitro benzene ring substituents is 1. The zero-order chi connectivity index (χ0) is 21.2. The van der Waals surface area contributed by atoms with E-state index in [1.807, 2.05) is 42.5 Å². The molecule has 0 heterocycles. The Kier molecular flexibility index (Phi) is 5.78. The summed E-state index contributed by atoms with van der Waals surface area (Å²) in [6, 6.07) is 15.5. The van der Waals surface area contributed by atoms with Crippen molar-refractivity contribution in [2.75, 3.05) is 5.32 Å². The fourth-order valence-electron chi connectivity index (χ4n) is 2.72. The van der Waals surface area contributed by atoms with Crippen LogP contribution in [0.25, 0.3) is 10.8 Å². The number of hydrogen-bond donors (Lipinski definition) is 1. The summed E-state index contributed by atoms with van der Waals surface area (Å²) in [7, 11) is 0. The fourth-order valence-corrected chi connectivity index (χ4v) is 3.64. The van der Waals surface area contributed by atoms with Gasteiger partial charge in [0.2, 0.25) is 5.91 Å². The number of rotatable bonds is 5. The van der Waals surface area contributed by atoms with E-state index >= 15 is 0 Å². The first-order valence-electron chi connectivity index (χ1n) is 8.47. The second kappa shape index (κ2) is 8.12. The predicted molar refractivity (Wildman–Crippen MR) is 106 cm³/mol. The Morgan fingerprint density at radius 2 is 1.76 bits per heavy atom. The number of carbonyl (C=O) groups excluding carboxylic acids is 1. The Labute approximate surface area is 168 Å². The maximum absolute atomic E-state index is 13.3. The Balaban J connectivity index is 1.79. The van der Waals surface area contributed by atoms with E-state index in [0.717, 1.165) is 27.8 Å². The molecule has 150 valence electrons. The summed E-state index contributed by atoms with van der Waals surface area (Å²) in [5.74, 6) is -0.637. The molecule has 5 nitrogen and oxygen atoms in total. The lowest BCUT2D eigenvalue weighted by atomic mass is 10.1. The average Bonchev–Trinajstić information content (AvgIpc) is 2.67. The van der Waals surface area contributed by atoms with Crippen molar-refractivity contribution in [1.82, 2.24) is 0 Å². The molecule has 0 aliphatic heterocycles. The molecule has 0 aliphatic carbocycles. The number of alkyl halides is 3. The van der Waals surface area contributed by atoms with E-state index in [1.54, 1.807) is 6.92 Å². The average molecular weight is 420 g/mol. The second-order valence-corrected chi connectivity index (χ2v) is 7.66. The van der Waals surface area contributed by atoms with Crippen LogP contribution in [-0.2, 0) is 11.0 Å². The van der Waals surface area contributed by atoms with Crippen molar-refractivity contribution in [3.05, 3.63) is 76.3 Å². The van der Waals surface area contributed by atoms with Gasteiger partial charge >= 0.3 is 6.18 Å². The molecule has 1 amide bonds. The molecule has 3 aromatic carbocycles. The van der Waals surface area contributed by atoms with Gasteiger partial charge in [-0.05, 0) is 35.9 Å². The lowest BCUT2D eigenvalue weighted by Gasteiger charge is -2.16. The minimum atomic E-state index is -4.84. The highest BCUT2D eigenvalue weighted by molar-refractivity contribution is 8.00. The molecule has 29 heavy (non-hydrogen) atoms. The largest absolute Gasteiger partial charge is 0.418 e. The van der Waals surface area contributed by atoms with Gasteiger partial charge in [0.1, 0.15) is 0 Å². The number of amides is 1. The van der Waals surface area contributed by atoms with Gasteiger partial charge in [0.05, 0.1) is 21.4 Å². The van der Waals surface area contributed by atoms with Gasteiger partial charge in [0, 0.05) is 17.0 Å². The maximum atomic E-state index is 13.3. The lowest BCUT2D eigenvalue weighted by Crippen LogP contribution is -2.24. The quantitative estimate of drug-likeness (QED) is 0.318. The van der Waals surface area contributed by atoms with E-state index in [1.165, 1.54) is 11.8 Å². The first kappa shape index (κ1) is 20.7. The Morgan fingerprint density at radius 1 is 1.07 bits per heavy atom. The van der Waals surface area contributed by atoms with Crippen LogP contribution in [0.4, 0.5) is 24.5 Å². The molecule has 0 saturated heterocycles. The summed E-state index contributed by atoms with van der Waals surface area (Å²) in [5, 5.41) is 14.3. The number of nitrogens with zero attached hydrogens (tertiary/aromatic N) is 1. The molecule has 3 rings (SSSR count). The monoisotopic (exact) mass is 420 g/mol. The van der Waals surface area contributed by atoms with E-state index in [4.69, 9.17) is 0 Å². The first-order valence-corrected chi connectivity index (χ1v) is 9.35. The van der Waals surface area contributed by atoms with Crippen LogP contribution in [0.1, 0.15) is 12.5 Å². The Hall–Kier alpha value is -3.07. The Bertz CT molecular complexity index is 1090. The maximum Gasteiger partial charge on any atom is 0.418 e. The minimum absolute atomic E-state index is 0.413. The number of nitrogens with one attached hydrogen (secondary N) is 1. The highest BCUT2D eigenvalue weighted by atomic mass is 32.2. The summed E-state index contributed by atoms with van der Waals surface area (Å²) in [5.41, 5.74) is -2.48. The molecule has 0 fully saturated rings. The number of hydrogen-bond acceptors (Lipinski definition) is 4. The van der Waals surface area contributed by atoms with Crippen molar-refractivity contribution >= 4 is 39.8 Å². The summed E-state index contributed by atoms with van der Waals surface area (Å²) in [6.45, 7) is 1.58. The number of nitro groups is 1. The second-order valence-electron chi connectivity index (χ2n) is 6.24. The lowest BCUT2D eigenvalue weighted by molar-refractivity contribution is -0.385. The van der Waals surface area contributed by atoms with E-state index < -0.39 is 39.2 Å². The van der Waals surface area contributed by atoms with Gasteiger partial charge < -0.3 is 5.32 Å². The van der Waals surface area contributed by atoms with Crippen molar-refractivity contribution in [3.63, 3.8) is 0 Å². The molecule has 1 N–H and O–H groups in total. The number of anilines is 1. The molecule has 0 radical (unpaired) electrons. The number of carbonyl (C=O) groups is 1. The van der Waals surface area contributed by atoms with Crippen molar-refractivity contribution in [3.8, 4) is 0 Å². The SMILES string of the molecule is CC(Sc1ccc2ccccc2c1)C(=O)Nc1ccc([N+](=O)[O-])cc1C(F)(F)F. The Morgan fingerprint density at radius 3 is 2.41 bits per heavy atom. The van der Waals surface area contributed by atoms with Crippen LogP contribution < -0.4 is 5.32 Å². The molecule has 0 aromatic heterocycles. The summed E-state index contributed by atoms with van der Waals surface area (Å²) < 4.78 is 39.8. The molecule has 0 saturated carbocycles. The predicted octanol–water partition coefficient (Wildman–Crippen LogP) is 5.89. The summed E-state index contributed by atoms with van der Waals surface area (Å²) in [6.07, 6.45) is -4.84. The number of nitro benzene ring substituents is 1. The van der Waals surface area contributed by atoms with Crippen LogP contribution in [0.15, 0.2) is 65.6 Å². The summed E-state index contributed by atoms with van der Waals surface area (Å²) in [4.78, 5) is 23.1. The third kappa shape index (κ3) is 4.86. The molecular weight excluding hydrogens is 405 g/mol. The van der Waals surface area contributed by atoms with E-state index in [2.05, 4.69) is 5.32 Å². The minimum Gasteiger partial charge on any atom is -0.325 e. The number of thioether (sulfide) groups is 1. The fraction of sp³-hybridized carbons (Fsp3) is 0.150. The van der Waals surface area contributed by atoms with Gasteiger partial charge in [-0.3, -0.25) is 14.9 Å². The van der Waals surface area contributed by atoms with Crippen LogP contribution in [0.2, 0.25) is 0 Å². The topological polar surface area (TPSA) is 72.2 Å². The number of fused-ring (bicyclic) bond motifs is 1. The third-order valence-electron chi connectivity index (χ3n) is 4.18. The standard InChI is InChI=1S/C20H15F3N2O3S/c1-12(29-16-8-6-13-4-2-3-5-14(13)10-16)19(26)24-18-9-7-15(25(27)28)11-17(18)20(21,22)23/h2-12H,1H3,(H,24,26). The van der Waals surface area contributed by atoms with E-state index in [9.17, 15) is 28.1 Å². The van der Waals surface area contributed by atoms with E-state index in [0.29, 0.717) is 6.07 Å². The molecule has 3 aromatic rings. The van der Waals surface area contributed by atoms with Gasteiger partial charge in [-0.1, -0.05) is 30.3 Å². The van der Waals surface area contributed by atoms with Crippen molar-refractivity contribution in [1.29, 1.82) is 0 Å². The van der Waals surface area contributed by atoms with E-state index in [-0.39, 0.29) is 0 Å². The van der Waals surface area contributed by atoms with Gasteiger partial charge in [0.25, 0.3) is 5.69 Å². The molecule has 0 spiro atoms. The van der Waals surface area contributed by atoms with Crippen LogP contribution >= 0.6 is 11.8 Å². The van der Waals surface area contributed by atoms with Gasteiger partial charge in [-0.2, -0.15) is 13.2 Å². The van der Waals surface area contributed by atoms with Crippen molar-refractivity contribution < 1.29 is 22.9 Å². The van der Waals surface area contributed by atoms with Crippen LogP contribution in [0, 0.1) is 10.1 Å². The molecular formula is C20H15F3N2O3S. The zero-order valence-electron chi connectivity index (χ0n) is 15.1. The highest BCUT2D eigenvalue weighted by Crippen LogP contribution is 2.37. The first-order chi connectivity index (χ1) is 13.6. The van der Waals surface area contributed by atoms with Crippen LogP contribution in [-0.4, -0.2) is 16.1 Å². The normalized spacial score (nSPS) is 12.6.